The molecule has 0 radical (unpaired) electrons. The quantitative estimate of drug-likeness (QED) is 0.367. The maximum Gasteiger partial charge on any atom is 0.339 e. The number of nitrogens with zero attached hydrogens (tertiary/aromatic N) is 1. The van der Waals surface area contributed by atoms with Gasteiger partial charge in [-0.05, 0) is 42.2 Å². The molecule has 0 aliphatic rings. The van der Waals surface area contributed by atoms with Gasteiger partial charge in [0.1, 0.15) is 11.6 Å². The highest BCUT2D eigenvalue weighted by Gasteiger charge is 2.17. The number of nitriles is 1. The molecule has 0 saturated carbocycles. The maximum absolute atomic E-state index is 12.8. The Morgan fingerprint density at radius 2 is 1.62 bits per heavy atom. The van der Waals surface area contributed by atoms with Crippen LogP contribution in [-0.2, 0) is 27.1 Å². The number of amides is 1. The van der Waals surface area contributed by atoms with Gasteiger partial charge in [0.2, 0.25) is 0 Å². The third-order valence-corrected chi connectivity index (χ3v) is 4.82. The van der Waals surface area contributed by atoms with Crippen LogP contribution in [0.2, 0.25) is 0 Å². The van der Waals surface area contributed by atoms with Crippen molar-refractivity contribution < 1.29 is 23.9 Å². The molecule has 0 aromatic heterocycles. The normalized spacial score (nSPS) is 10.7. The van der Waals surface area contributed by atoms with Crippen LogP contribution in [0.5, 0.6) is 0 Å². The zero-order valence-corrected chi connectivity index (χ0v) is 18.4. The van der Waals surface area contributed by atoms with E-state index in [4.69, 9.17) is 9.47 Å². The zero-order chi connectivity index (χ0) is 23.7. The SMILES string of the molecule is CCc1cccc(CC)c1NC(=O)/C(C#N)=C\Nc1cc(C(=O)OC)ccc1C(=O)OC. The molecule has 0 atom stereocenters. The van der Waals surface area contributed by atoms with E-state index < -0.39 is 17.8 Å². The maximum atomic E-state index is 12.8. The van der Waals surface area contributed by atoms with Crippen LogP contribution < -0.4 is 10.6 Å². The van der Waals surface area contributed by atoms with Crippen LogP contribution in [0.15, 0.2) is 48.2 Å². The number of aryl methyl sites for hydroxylation is 2. The number of ether oxygens (including phenoxy) is 2. The van der Waals surface area contributed by atoms with Crippen molar-refractivity contribution >= 4 is 29.2 Å². The van der Waals surface area contributed by atoms with Gasteiger partial charge >= 0.3 is 11.9 Å². The van der Waals surface area contributed by atoms with Crippen molar-refractivity contribution in [2.45, 2.75) is 26.7 Å². The molecule has 166 valence electrons. The van der Waals surface area contributed by atoms with E-state index in [2.05, 4.69) is 10.6 Å². The molecule has 8 nitrogen and oxygen atoms in total. The van der Waals surface area contributed by atoms with Gasteiger partial charge in [0.25, 0.3) is 5.91 Å². The average Bonchev–Trinajstić information content (AvgIpc) is 2.83. The number of rotatable bonds is 8. The Bertz CT molecular complexity index is 1080. The summed E-state index contributed by atoms with van der Waals surface area (Å²) in [5, 5.41) is 15.1. The Hall–Kier alpha value is -4.12. The van der Waals surface area contributed by atoms with Crippen molar-refractivity contribution in [2.75, 3.05) is 24.9 Å². The molecule has 2 N–H and O–H groups in total. The predicted octanol–water partition coefficient (Wildman–Crippen LogP) is 3.84. The summed E-state index contributed by atoms with van der Waals surface area (Å²) in [4.78, 5) is 36.7. The fourth-order valence-corrected chi connectivity index (χ4v) is 3.08. The second-order valence-corrected chi connectivity index (χ2v) is 6.67. The average molecular weight is 435 g/mol. The van der Waals surface area contributed by atoms with Crippen LogP contribution in [0.4, 0.5) is 11.4 Å². The molecule has 2 rings (SSSR count). The fourth-order valence-electron chi connectivity index (χ4n) is 3.08. The van der Waals surface area contributed by atoms with E-state index >= 15 is 0 Å². The Kier molecular flexibility index (Phi) is 8.54. The molecule has 2 aromatic carbocycles. The van der Waals surface area contributed by atoms with Crippen molar-refractivity contribution in [3.63, 3.8) is 0 Å². The largest absolute Gasteiger partial charge is 0.465 e. The minimum atomic E-state index is -0.648. The van der Waals surface area contributed by atoms with Gasteiger partial charge in [-0.1, -0.05) is 32.0 Å². The second-order valence-electron chi connectivity index (χ2n) is 6.67. The van der Waals surface area contributed by atoms with Crippen LogP contribution in [0, 0.1) is 11.3 Å². The van der Waals surface area contributed by atoms with Gasteiger partial charge in [0.15, 0.2) is 0 Å². The molecule has 0 fully saturated rings. The smallest absolute Gasteiger partial charge is 0.339 e. The topological polar surface area (TPSA) is 118 Å². The molecule has 2 aromatic rings. The van der Waals surface area contributed by atoms with Gasteiger partial charge in [-0.25, -0.2) is 9.59 Å². The molecular formula is C24H25N3O5. The summed E-state index contributed by atoms with van der Waals surface area (Å²) in [6, 6.07) is 11.8. The van der Waals surface area contributed by atoms with Crippen molar-refractivity contribution in [3.8, 4) is 6.07 Å². The number of benzene rings is 2. The van der Waals surface area contributed by atoms with Gasteiger partial charge in [-0.3, -0.25) is 4.79 Å². The fraction of sp³-hybridized carbons (Fsp3) is 0.250. The minimum absolute atomic E-state index is 0.124. The minimum Gasteiger partial charge on any atom is -0.465 e. The highest BCUT2D eigenvalue weighted by atomic mass is 16.5. The van der Waals surface area contributed by atoms with E-state index in [-0.39, 0.29) is 22.4 Å². The van der Waals surface area contributed by atoms with Crippen molar-refractivity contribution in [1.29, 1.82) is 5.26 Å². The lowest BCUT2D eigenvalue weighted by molar-refractivity contribution is -0.112. The van der Waals surface area contributed by atoms with Crippen LogP contribution >= 0.6 is 0 Å². The van der Waals surface area contributed by atoms with E-state index in [0.717, 1.165) is 24.0 Å². The second kappa shape index (κ2) is 11.3. The highest BCUT2D eigenvalue weighted by molar-refractivity contribution is 6.07. The number of para-hydroxylation sites is 1. The first-order valence-electron chi connectivity index (χ1n) is 9.99. The van der Waals surface area contributed by atoms with Gasteiger partial charge < -0.3 is 20.1 Å². The van der Waals surface area contributed by atoms with Gasteiger partial charge in [-0.15, -0.1) is 0 Å². The zero-order valence-electron chi connectivity index (χ0n) is 18.4. The number of carbonyl (C=O) groups excluding carboxylic acids is 3. The lowest BCUT2D eigenvalue weighted by atomic mass is 10.0. The molecule has 1 amide bonds. The number of methoxy groups -OCH3 is 2. The van der Waals surface area contributed by atoms with Crippen LogP contribution in [0.25, 0.3) is 0 Å². The Labute approximate surface area is 186 Å². The molecule has 0 spiro atoms. The van der Waals surface area contributed by atoms with E-state index in [9.17, 15) is 19.6 Å². The summed E-state index contributed by atoms with van der Waals surface area (Å²) in [7, 11) is 2.46. The van der Waals surface area contributed by atoms with Gasteiger partial charge in [0.05, 0.1) is 31.0 Å². The monoisotopic (exact) mass is 435 g/mol. The summed E-state index contributed by atoms with van der Waals surface area (Å²) in [6.07, 6.45) is 2.62. The lowest BCUT2D eigenvalue weighted by Crippen LogP contribution is -2.17. The van der Waals surface area contributed by atoms with Crippen molar-refractivity contribution in [1.82, 2.24) is 0 Å². The first kappa shape index (κ1) is 24.2. The number of esters is 2. The highest BCUT2D eigenvalue weighted by Crippen LogP contribution is 2.24. The third-order valence-electron chi connectivity index (χ3n) is 4.82. The van der Waals surface area contributed by atoms with Crippen LogP contribution in [0.1, 0.15) is 45.7 Å². The van der Waals surface area contributed by atoms with E-state index in [1.165, 1.54) is 38.6 Å². The van der Waals surface area contributed by atoms with Crippen LogP contribution in [-0.4, -0.2) is 32.1 Å². The molecule has 0 heterocycles. The standard InChI is InChI=1S/C24H25N3O5/c1-5-15-8-7-9-16(6-2)21(15)27-22(28)18(13-25)14-26-20-12-17(23(29)31-3)10-11-19(20)24(30)32-4/h7-12,14,26H,5-6H2,1-4H3,(H,27,28)/b18-14-. The van der Waals surface area contributed by atoms with Crippen molar-refractivity contribution in [2.24, 2.45) is 0 Å². The number of anilines is 2. The van der Waals surface area contributed by atoms with Gasteiger partial charge in [-0.2, -0.15) is 5.26 Å². The number of hydrogen-bond donors (Lipinski definition) is 2. The summed E-state index contributed by atoms with van der Waals surface area (Å²) >= 11 is 0. The summed E-state index contributed by atoms with van der Waals surface area (Å²) in [6.45, 7) is 3.96. The van der Waals surface area contributed by atoms with E-state index in [1.807, 2.05) is 38.1 Å². The molecule has 8 heteroatoms. The molecule has 0 aliphatic heterocycles. The molecule has 0 unspecified atom stereocenters. The number of nitrogens with one attached hydrogen (secondary N) is 2. The Balaban J connectivity index is 2.37. The molecule has 0 saturated heterocycles. The molecule has 0 aliphatic carbocycles. The van der Waals surface area contributed by atoms with E-state index in [0.29, 0.717) is 5.69 Å². The molecule has 32 heavy (non-hydrogen) atoms. The first-order valence-corrected chi connectivity index (χ1v) is 9.99. The Morgan fingerprint density at radius 3 is 2.16 bits per heavy atom. The molecule has 0 bridgehead atoms. The Morgan fingerprint density at radius 1 is 1.00 bits per heavy atom. The lowest BCUT2D eigenvalue weighted by Gasteiger charge is -2.14. The summed E-state index contributed by atoms with van der Waals surface area (Å²) in [5.41, 5.74) is 2.89. The van der Waals surface area contributed by atoms with Crippen LogP contribution in [0.3, 0.4) is 0 Å². The van der Waals surface area contributed by atoms with E-state index in [1.54, 1.807) is 0 Å². The summed E-state index contributed by atoms with van der Waals surface area (Å²) in [5.74, 6) is -1.85. The third kappa shape index (κ3) is 5.52. The first-order chi connectivity index (χ1) is 15.4. The molecular weight excluding hydrogens is 410 g/mol. The predicted molar refractivity (Wildman–Crippen MR) is 120 cm³/mol. The van der Waals surface area contributed by atoms with Gasteiger partial charge in [0, 0.05) is 11.9 Å². The number of carbonyl (C=O) groups is 3. The summed E-state index contributed by atoms with van der Waals surface area (Å²) < 4.78 is 9.45. The number of hydrogen-bond acceptors (Lipinski definition) is 7. The van der Waals surface area contributed by atoms with Crippen molar-refractivity contribution in [3.05, 3.63) is 70.4 Å².